The first kappa shape index (κ1) is 20.2. The zero-order valence-corrected chi connectivity index (χ0v) is 16.1. The number of carbonyl (C=O) groups excluding carboxylic acids is 1. The van der Waals surface area contributed by atoms with Crippen LogP contribution in [0.4, 0.5) is 0 Å². The van der Waals surface area contributed by atoms with Crippen LogP contribution in [0.5, 0.6) is 0 Å². The Bertz CT molecular complexity index is 656. The summed E-state index contributed by atoms with van der Waals surface area (Å²) in [6.45, 7) is 4.06. The highest BCUT2D eigenvalue weighted by Crippen LogP contribution is 2.24. The molecule has 0 aliphatic carbocycles. The summed E-state index contributed by atoms with van der Waals surface area (Å²) in [4.78, 5) is 14.9. The molecule has 2 aromatic carbocycles. The number of hydrogen-bond donors (Lipinski definition) is 1. The Morgan fingerprint density at radius 3 is 2.19 bits per heavy atom. The molecule has 0 spiro atoms. The van der Waals surface area contributed by atoms with Crippen molar-refractivity contribution in [2.24, 2.45) is 5.92 Å². The van der Waals surface area contributed by atoms with Crippen molar-refractivity contribution in [3.8, 4) is 0 Å². The van der Waals surface area contributed by atoms with Gasteiger partial charge < -0.3 is 10.0 Å². The molecule has 0 aromatic heterocycles. The van der Waals surface area contributed by atoms with Crippen LogP contribution in [0.2, 0.25) is 0 Å². The third kappa shape index (κ3) is 5.43. The van der Waals surface area contributed by atoms with Crippen LogP contribution in [0.25, 0.3) is 0 Å². The molecule has 3 nitrogen and oxygen atoms in total. The molecule has 1 amide bonds. The van der Waals surface area contributed by atoms with Crippen molar-refractivity contribution in [2.45, 2.75) is 51.7 Å². The number of aliphatic hydroxyl groups is 1. The number of unbranched alkanes of at least 4 members (excludes halogenated alkanes) is 1. The largest absolute Gasteiger partial charge is 0.386 e. The fourth-order valence-electron chi connectivity index (χ4n) is 3.29. The van der Waals surface area contributed by atoms with Gasteiger partial charge in [-0.05, 0) is 30.9 Å². The van der Waals surface area contributed by atoms with Crippen LogP contribution < -0.4 is 0 Å². The summed E-state index contributed by atoms with van der Waals surface area (Å²) in [7, 11) is 1.81. The fraction of sp³-hybridized carbons (Fsp3) is 0.435. The Balaban J connectivity index is 2.09. The summed E-state index contributed by atoms with van der Waals surface area (Å²) in [6, 6.07) is 19.5. The van der Waals surface area contributed by atoms with E-state index < -0.39 is 6.10 Å². The average molecular weight is 354 g/mol. The number of rotatable bonds is 9. The molecule has 1 N–H and O–H groups in total. The number of likely N-dealkylation sites (N-methyl/N-ethyl adjacent to an activating group) is 1. The van der Waals surface area contributed by atoms with Crippen molar-refractivity contribution < 1.29 is 9.90 Å². The third-order valence-corrected chi connectivity index (χ3v) is 5.14. The summed E-state index contributed by atoms with van der Waals surface area (Å²) in [6.07, 6.45) is 3.05. The van der Waals surface area contributed by atoms with Gasteiger partial charge in [-0.15, -0.1) is 0 Å². The standard InChI is InChI=1S/C23H31NO2/c1-4-5-14-21(17-19-12-8-6-9-13-19)23(26)24(3)18(2)22(25)20-15-10-7-11-16-20/h6-13,15-16,18,21-22,25H,4-5,14,17H2,1-3H3/t18-,21?,22-/m0/s1. The molecule has 0 saturated carbocycles. The molecule has 0 heterocycles. The molecule has 0 fully saturated rings. The molecule has 0 radical (unpaired) electrons. The van der Waals surface area contributed by atoms with E-state index in [2.05, 4.69) is 19.1 Å². The monoisotopic (exact) mass is 353 g/mol. The van der Waals surface area contributed by atoms with E-state index in [0.29, 0.717) is 0 Å². The minimum Gasteiger partial charge on any atom is -0.386 e. The second-order valence-corrected chi connectivity index (χ2v) is 7.07. The fourth-order valence-corrected chi connectivity index (χ4v) is 3.29. The molecule has 140 valence electrons. The Kier molecular flexibility index (Phi) is 7.86. The quantitative estimate of drug-likeness (QED) is 0.715. The minimum absolute atomic E-state index is 0.0484. The highest BCUT2D eigenvalue weighted by molar-refractivity contribution is 5.79. The molecule has 3 heteroatoms. The number of nitrogens with zero attached hydrogens (tertiary/aromatic N) is 1. The highest BCUT2D eigenvalue weighted by atomic mass is 16.3. The second-order valence-electron chi connectivity index (χ2n) is 7.07. The number of benzene rings is 2. The van der Waals surface area contributed by atoms with Crippen molar-refractivity contribution >= 4 is 5.91 Å². The van der Waals surface area contributed by atoms with Gasteiger partial charge in [0.2, 0.25) is 5.91 Å². The molecule has 0 aliphatic rings. The van der Waals surface area contributed by atoms with Gasteiger partial charge in [-0.1, -0.05) is 80.4 Å². The number of carbonyl (C=O) groups is 1. The normalized spacial score (nSPS) is 14.5. The summed E-state index contributed by atoms with van der Waals surface area (Å²) in [5, 5.41) is 10.7. The van der Waals surface area contributed by atoms with Crippen LogP contribution in [0.15, 0.2) is 60.7 Å². The van der Waals surface area contributed by atoms with Gasteiger partial charge in [0.05, 0.1) is 12.1 Å². The molecule has 1 unspecified atom stereocenters. The smallest absolute Gasteiger partial charge is 0.226 e. The van der Waals surface area contributed by atoms with Gasteiger partial charge in [0.25, 0.3) is 0 Å². The van der Waals surface area contributed by atoms with E-state index in [4.69, 9.17) is 0 Å². The van der Waals surface area contributed by atoms with Crippen LogP contribution in [-0.2, 0) is 11.2 Å². The molecular formula is C23H31NO2. The lowest BCUT2D eigenvalue weighted by Crippen LogP contribution is -2.42. The predicted molar refractivity (Wildman–Crippen MR) is 107 cm³/mol. The van der Waals surface area contributed by atoms with Crippen LogP contribution in [0, 0.1) is 5.92 Å². The zero-order valence-electron chi connectivity index (χ0n) is 16.1. The van der Waals surface area contributed by atoms with Crippen molar-refractivity contribution in [3.05, 3.63) is 71.8 Å². The molecule has 0 bridgehead atoms. The van der Waals surface area contributed by atoms with Crippen LogP contribution in [0.1, 0.15) is 50.3 Å². The van der Waals surface area contributed by atoms with Crippen molar-refractivity contribution in [1.29, 1.82) is 0 Å². The highest BCUT2D eigenvalue weighted by Gasteiger charge is 2.28. The summed E-state index contributed by atoms with van der Waals surface area (Å²) < 4.78 is 0. The van der Waals surface area contributed by atoms with E-state index in [1.54, 1.807) is 4.90 Å². The van der Waals surface area contributed by atoms with Gasteiger partial charge in [0, 0.05) is 13.0 Å². The maximum atomic E-state index is 13.1. The van der Waals surface area contributed by atoms with E-state index in [1.807, 2.05) is 62.5 Å². The zero-order chi connectivity index (χ0) is 18.9. The van der Waals surface area contributed by atoms with E-state index in [1.165, 1.54) is 5.56 Å². The lowest BCUT2D eigenvalue weighted by molar-refractivity contribution is -0.138. The molecule has 0 saturated heterocycles. The Labute approximate surface area is 157 Å². The van der Waals surface area contributed by atoms with E-state index in [0.717, 1.165) is 31.2 Å². The van der Waals surface area contributed by atoms with Gasteiger partial charge in [0.1, 0.15) is 0 Å². The van der Waals surface area contributed by atoms with Crippen molar-refractivity contribution in [1.82, 2.24) is 4.90 Å². The van der Waals surface area contributed by atoms with E-state index >= 15 is 0 Å². The molecular weight excluding hydrogens is 322 g/mol. The maximum Gasteiger partial charge on any atom is 0.226 e. The Morgan fingerprint density at radius 2 is 1.62 bits per heavy atom. The topological polar surface area (TPSA) is 40.5 Å². The summed E-state index contributed by atoms with van der Waals surface area (Å²) in [5.74, 6) is 0.0672. The molecule has 0 aliphatic heterocycles. The van der Waals surface area contributed by atoms with Gasteiger partial charge >= 0.3 is 0 Å². The van der Waals surface area contributed by atoms with Gasteiger partial charge in [-0.25, -0.2) is 0 Å². The number of hydrogen-bond acceptors (Lipinski definition) is 2. The molecule has 3 atom stereocenters. The SMILES string of the molecule is CCCCC(Cc1ccccc1)C(=O)N(C)[C@@H](C)[C@H](O)c1ccccc1. The minimum atomic E-state index is -0.686. The second kappa shape index (κ2) is 10.1. The maximum absolute atomic E-state index is 13.1. The molecule has 2 rings (SSSR count). The first-order chi connectivity index (χ1) is 12.5. The Hall–Kier alpha value is -2.13. The summed E-state index contributed by atoms with van der Waals surface area (Å²) >= 11 is 0. The molecule has 26 heavy (non-hydrogen) atoms. The number of aliphatic hydroxyl groups excluding tert-OH is 1. The third-order valence-electron chi connectivity index (χ3n) is 5.14. The van der Waals surface area contributed by atoms with Crippen LogP contribution >= 0.6 is 0 Å². The van der Waals surface area contributed by atoms with Crippen molar-refractivity contribution in [2.75, 3.05) is 7.05 Å². The first-order valence-electron chi connectivity index (χ1n) is 9.58. The van der Waals surface area contributed by atoms with E-state index in [-0.39, 0.29) is 17.9 Å². The van der Waals surface area contributed by atoms with Gasteiger partial charge in [0.15, 0.2) is 0 Å². The van der Waals surface area contributed by atoms with E-state index in [9.17, 15) is 9.90 Å². The predicted octanol–water partition coefficient (Wildman–Crippen LogP) is 4.62. The lowest BCUT2D eigenvalue weighted by atomic mass is 9.92. The first-order valence-corrected chi connectivity index (χ1v) is 9.58. The number of amides is 1. The Morgan fingerprint density at radius 1 is 1.04 bits per heavy atom. The lowest BCUT2D eigenvalue weighted by Gasteiger charge is -2.32. The van der Waals surface area contributed by atoms with Gasteiger partial charge in [-0.2, -0.15) is 0 Å². The van der Waals surface area contributed by atoms with Gasteiger partial charge in [-0.3, -0.25) is 4.79 Å². The average Bonchev–Trinajstić information content (AvgIpc) is 2.70. The van der Waals surface area contributed by atoms with Crippen LogP contribution in [0.3, 0.4) is 0 Å². The summed E-state index contributed by atoms with van der Waals surface area (Å²) in [5.41, 5.74) is 2.03. The molecule has 2 aromatic rings. The van der Waals surface area contributed by atoms with Crippen molar-refractivity contribution in [3.63, 3.8) is 0 Å². The van der Waals surface area contributed by atoms with Crippen LogP contribution in [-0.4, -0.2) is 29.0 Å².